The van der Waals surface area contributed by atoms with Gasteiger partial charge in [-0.2, -0.15) is 5.10 Å². The van der Waals surface area contributed by atoms with Crippen molar-refractivity contribution in [3.05, 3.63) is 100.0 Å². The highest BCUT2D eigenvalue weighted by molar-refractivity contribution is 6.30. The highest BCUT2D eigenvalue weighted by Crippen LogP contribution is 2.31. The van der Waals surface area contributed by atoms with Gasteiger partial charge in [0, 0.05) is 42.6 Å². The SMILES string of the molecule is CC(=O)c1nn(CC(O)N(CC(=O)NCc2cccc(Cl)c2F)C2CC2)c2cccc(C(O)NCc3ccccc3)c12. The van der Waals surface area contributed by atoms with E-state index in [9.17, 15) is 24.2 Å². The van der Waals surface area contributed by atoms with Gasteiger partial charge in [-0.1, -0.05) is 66.2 Å². The number of hydrogen-bond acceptors (Lipinski definition) is 7. The number of rotatable bonds is 13. The largest absolute Gasteiger partial charge is 0.376 e. The number of Topliss-reactive ketones (excluding diaryl/α,β-unsaturated/α-hetero) is 1. The number of ketones is 1. The van der Waals surface area contributed by atoms with E-state index in [4.69, 9.17) is 11.6 Å². The Morgan fingerprint density at radius 2 is 1.81 bits per heavy atom. The van der Waals surface area contributed by atoms with Gasteiger partial charge in [0.05, 0.1) is 23.6 Å². The summed E-state index contributed by atoms with van der Waals surface area (Å²) in [6.45, 7) is 1.69. The van der Waals surface area contributed by atoms with E-state index < -0.39 is 18.3 Å². The molecule has 3 aromatic carbocycles. The van der Waals surface area contributed by atoms with Crippen LogP contribution in [0.4, 0.5) is 4.39 Å². The average molecular weight is 594 g/mol. The van der Waals surface area contributed by atoms with E-state index in [0.29, 0.717) is 23.0 Å². The topological polar surface area (TPSA) is 120 Å². The molecule has 220 valence electrons. The minimum Gasteiger partial charge on any atom is -0.376 e. The summed E-state index contributed by atoms with van der Waals surface area (Å²) in [6, 6.07) is 19.5. The van der Waals surface area contributed by atoms with Crippen molar-refractivity contribution in [3.8, 4) is 0 Å². The lowest BCUT2D eigenvalue weighted by molar-refractivity contribution is -0.126. The van der Waals surface area contributed by atoms with Crippen molar-refractivity contribution < 1.29 is 24.2 Å². The molecule has 4 aromatic rings. The Labute approximate surface area is 247 Å². The van der Waals surface area contributed by atoms with Crippen LogP contribution in [-0.2, 0) is 24.4 Å². The van der Waals surface area contributed by atoms with Gasteiger partial charge in [0.1, 0.15) is 24.0 Å². The summed E-state index contributed by atoms with van der Waals surface area (Å²) >= 11 is 5.84. The minimum atomic E-state index is -1.08. The van der Waals surface area contributed by atoms with E-state index >= 15 is 0 Å². The number of fused-ring (bicyclic) bond motifs is 1. The third-order valence-corrected chi connectivity index (χ3v) is 7.64. The number of aliphatic hydroxyl groups is 2. The fourth-order valence-corrected chi connectivity index (χ4v) is 5.23. The number of aromatic nitrogens is 2. The summed E-state index contributed by atoms with van der Waals surface area (Å²) < 4.78 is 15.8. The van der Waals surface area contributed by atoms with Crippen molar-refractivity contribution >= 4 is 34.2 Å². The van der Waals surface area contributed by atoms with Gasteiger partial charge < -0.3 is 15.5 Å². The molecule has 1 aliphatic rings. The number of carbonyl (C=O) groups excluding carboxylic acids is 2. The predicted molar refractivity (Wildman–Crippen MR) is 157 cm³/mol. The zero-order valence-corrected chi connectivity index (χ0v) is 23.9. The quantitative estimate of drug-likeness (QED) is 0.137. The third-order valence-electron chi connectivity index (χ3n) is 7.35. The van der Waals surface area contributed by atoms with Gasteiger partial charge in [0.2, 0.25) is 5.91 Å². The molecule has 1 aromatic heterocycles. The number of nitrogens with zero attached hydrogens (tertiary/aromatic N) is 3. The van der Waals surface area contributed by atoms with Crippen molar-refractivity contribution in [1.29, 1.82) is 0 Å². The molecule has 9 nitrogen and oxygen atoms in total. The van der Waals surface area contributed by atoms with Crippen LogP contribution in [0.2, 0.25) is 5.02 Å². The Kier molecular flexibility index (Phi) is 9.30. The van der Waals surface area contributed by atoms with Crippen LogP contribution < -0.4 is 10.6 Å². The van der Waals surface area contributed by atoms with Crippen LogP contribution in [0.25, 0.3) is 10.9 Å². The summed E-state index contributed by atoms with van der Waals surface area (Å²) in [7, 11) is 0. The van der Waals surface area contributed by atoms with Crippen LogP contribution in [0, 0.1) is 5.82 Å². The molecule has 5 rings (SSSR count). The van der Waals surface area contributed by atoms with Crippen molar-refractivity contribution in [2.45, 2.75) is 57.9 Å². The molecular weight excluding hydrogens is 561 g/mol. The number of nitrogens with one attached hydrogen (secondary N) is 2. The lowest BCUT2D eigenvalue weighted by Crippen LogP contribution is -2.46. The molecule has 1 aliphatic carbocycles. The number of halogens is 2. The van der Waals surface area contributed by atoms with E-state index in [1.54, 1.807) is 39.9 Å². The second-order valence-corrected chi connectivity index (χ2v) is 10.9. The van der Waals surface area contributed by atoms with Gasteiger partial charge in [0.15, 0.2) is 5.78 Å². The van der Waals surface area contributed by atoms with Crippen molar-refractivity contribution in [2.75, 3.05) is 6.54 Å². The molecule has 0 aliphatic heterocycles. The van der Waals surface area contributed by atoms with Gasteiger partial charge in [-0.25, -0.2) is 4.39 Å². The minimum absolute atomic E-state index is 0.00647. The second-order valence-electron chi connectivity index (χ2n) is 10.5. The smallest absolute Gasteiger partial charge is 0.234 e. The fourth-order valence-electron chi connectivity index (χ4n) is 5.03. The van der Waals surface area contributed by atoms with Gasteiger partial charge in [0.25, 0.3) is 0 Å². The summed E-state index contributed by atoms with van der Waals surface area (Å²) in [4.78, 5) is 27.1. The van der Waals surface area contributed by atoms with Crippen LogP contribution in [0.5, 0.6) is 0 Å². The molecule has 11 heteroatoms. The highest BCUT2D eigenvalue weighted by atomic mass is 35.5. The highest BCUT2D eigenvalue weighted by Gasteiger charge is 2.35. The molecule has 1 amide bonds. The second kappa shape index (κ2) is 13.1. The standard InChI is InChI=1S/C31H33ClFN5O4/c1-19(39)30-28-23(31(42)35-15-20-7-3-2-4-8-20)10-6-12-25(28)38(36-30)18-27(41)37(22-13-14-22)17-26(40)34-16-21-9-5-11-24(32)29(21)33/h2-12,22,27,31,35,41-42H,13-18H2,1H3,(H,34,40). The molecule has 42 heavy (non-hydrogen) atoms. The first kappa shape index (κ1) is 29.8. The molecule has 2 unspecified atom stereocenters. The molecule has 0 radical (unpaired) electrons. The summed E-state index contributed by atoms with van der Waals surface area (Å²) in [5.74, 6) is -1.22. The van der Waals surface area contributed by atoms with Crippen LogP contribution in [0.1, 0.15) is 53.2 Å². The maximum absolute atomic E-state index is 14.2. The monoisotopic (exact) mass is 593 g/mol. The lowest BCUT2D eigenvalue weighted by Gasteiger charge is -2.27. The first-order valence-corrected chi connectivity index (χ1v) is 14.2. The van der Waals surface area contributed by atoms with Crippen LogP contribution in [-0.4, -0.2) is 55.4 Å². The molecule has 1 heterocycles. The van der Waals surface area contributed by atoms with E-state index in [0.717, 1.165) is 18.4 Å². The van der Waals surface area contributed by atoms with Gasteiger partial charge in [-0.05, 0) is 30.5 Å². The molecule has 0 bridgehead atoms. The molecule has 0 saturated heterocycles. The first-order chi connectivity index (χ1) is 20.2. The molecule has 1 fully saturated rings. The van der Waals surface area contributed by atoms with Gasteiger partial charge in [-0.15, -0.1) is 0 Å². The Morgan fingerprint density at radius 3 is 2.52 bits per heavy atom. The van der Waals surface area contributed by atoms with Gasteiger partial charge >= 0.3 is 0 Å². The van der Waals surface area contributed by atoms with Crippen molar-refractivity contribution in [1.82, 2.24) is 25.3 Å². The Morgan fingerprint density at radius 1 is 1.07 bits per heavy atom. The van der Waals surface area contributed by atoms with Crippen molar-refractivity contribution in [3.63, 3.8) is 0 Å². The van der Waals surface area contributed by atoms with Gasteiger partial charge in [-0.3, -0.25) is 24.5 Å². The molecule has 4 N–H and O–H groups in total. The van der Waals surface area contributed by atoms with E-state index in [1.807, 2.05) is 30.3 Å². The Hall–Kier alpha value is -3.67. The summed E-state index contributed by atoms with van der Waals surface area (Å²) in [6.07, 6.45) is -0.491. The van der Waals surface area contributed by atoms with E-state index in [2.05, 4.69) is 15.7 Å². The van der Waals surface area contributed by atoms with E-state index in [1.165, 1.54) is 13.0 Å². The number of carbonyl (C=O) groups is 2. The van der Waals surface area contributed by atoms with Crippen LogP contribution in [0.15, 0.2) is 66.7 Å². The maximum Gasteiger partial charge on any atom is 0.234 e. The average Bonchev–Trinajstić information content (AvgIpc) is 3.76. The number of hydrogen-bond donors (Lipinski definition) is 4. The zero-order valence-electron chi connectivity index (χ0n) is 23.1. The molecule has 1 saturated carbocycles. The summed E-state index contributed by atoms with van der Waals surface area (Å²) in [5, 5.41) is 33.1. The third kappa shape index (κ3) is 6.86. The first-order valence-electron chi connectivity index (χ1n) is 13.8. The number of benzene rings is 3. The Balaban J connectivity index is 1.31. The van der Waals surface area contributed by atoms with Crippen LogP contribution in [0.3, 0.4) is 0 Å². The molecule has 0 spiro atoms. The molecule has 2 atom stereocenters. The zero-order chi connectivity index (χ0) is 29.8. The summed E-state index contributed by atoms with van der Waals surface area (Å²) in [5.41, 5.74) is 2.53. The normalized spacial score (nSPS) is 14.7. The molecular formula is C31H33ClFN5O4. The van der Waals surface area contributed by atoms with Crippen LogP contribution >= 0.6 is 11.6 Å². The fraction of sp³-hybridized carbons (Fsp3) is 0.323. The van der Waals surface area contributed by atoms with E-state index in [-0.39, 0.29) is 53.6 Å². The number of amides is 1. The predicted octanol–water partition coefficient (Wildman–Crippen LogP) is 3.91. The number of aliphatic hydroxyl groups excluding tert-OH is 2. The lowest BCUT2D eigenvalue weighted by atomic mass is 10.0. The van der Waals surface area contributed by atoms with Crippen molar-refractivity contribution in [2.24, 2.45) is 0 Å². The maximum atomic E-state index is 14.2. The Bertz CT molecular complexity index is 1580.